The molecule has 0 bridgehead atoms. The first-order valence-corrected chi connectivity index (χ1v) is 6.65. The van der Waals surface area contributed by atoms with Gasteiger partial charge in [-0.05, 0) is 50.1 Å². The van der Waals surface area contributed by atoms with E-state index in [1.165, 1.54) is 13.0 Å². The van der Waals surface area contributed by atoms with Gasteiger partial charge in [0.05, 0.1) is 5.56 Å². The number of nitrogens with zero attached hydrogens (tertiary/aromatic N) is 1. The number of nitrogens with one attached hydrogen (secondary N) is 1. The quantitative estimate of drug-likeness (QED) is 0.871. The number of halogens is 3. The Labute approximate surface area is 122 Å². The van der Waals surface area contributed by atoms with E-state index in [2.05, 4.69) is 10.3 Å². The lowest BCUT2D eigenvalue weighted by molar-refractivity contribution is -0.138. The van der Waals surface area contributed by atoms with Crippen LogP contribution in [0.4, 0.5) is 18.9 Å². The van der Waals surface area contributed by atoms with Crippen molar-refractivity contribution < 1.29 is 13.2 Å². The predicted molar refractivity (Wildman–Crippen MR) is 77.2 cm³/mol. The molecule has 0 aliphatic carbocycles. The number of aryl methyl sites for hydroxylation is 1. The third-order valence-electron chi connectivity index (χ3n) is 3.43. The van der Waals surface area contributed by atoms with Crippen molar-refractivity contribution in [2.75, 3.05) is 5.32 Å². The highest BCUT2D eigenvalue weighted by molar-refractivity contribution is 5.47. The molecular weight excluding hydrogens is 277 g/mol. The van der Waals surface area contributed by atoms with Crippen molar-refractivity contribution in [3.63, 3.8) is 0 Å². The third-order valence-corrected chi connectivity index (χ3v) is 3.43. The highest BCUT2D eigenvalue weighted by Gasteiger charge is 2.33. The SMILES string of the molecule is Cc1cc(N[C@H](C)c2cccc(C(F)(F)F)c2C)ccn1. The molecule has 0 spiro atoms. The molecule has 1 N–H and O–H groups in total. The lowest BCUT2D eigenvalue weighted by atomic mass is 9.97. The van der Waals surface area contributed by atoms with Crippen LogP contribution < -0.4 is 5.32 Å². The zero-order valence-corrected chi connectivity index (χ0v) is 12.1. The number of aromatic nitrogens is 1. The zero-order chi connectivity index (χ0) is 15.6. The number of pyridine rings is 1. The van der Waals surface area contributed by atoms with E-state index in [-0.39, 0.29) is 11.6 Å². The Kier molecular flexibility index (Phi) is 4.21. The van der Waals surface area contributed by atoms with Gasteiger partial charge in [0.25, 0.3) is 0 Å². The van der Waals surface area contributed by atoms with Crippen LogP contribution in [0.25, 0.3) is 0 Å². The number of hydrogen-bond acceptors (Lipinski definition) is 2. The molecule has 0 amide bonds. The number of hydrogen-bond donors (Lipinski definition) is 1. The molecule has 1 heterocycles. The highest BCUT2D eigenvalue weighted by atomic mass is 19.4. The summed E-state index contributed by atoms with van der Waals surface area (Å²) in [6.45, 7) is 5.22. The number of anilines is 1. The second-order valence-corrected chi connectivity index (χ2v) is 5.07. The molecule has 1 aromatic heterocycles. The van der Waals surface area contributed by atoms with E-state index in [0.717, 1.165) is 17.4 Å². The first kappa shape index (κ1) is 15.4. The highest BCUT2D eigenvalue weighted by Crippen LogP contribution is 2.35. The summed E-state index contributed by atoms with van der Waals surface area (Å²) >= 11 is 0. The van der Waals surface area contributed by atoms with Crippen molar-refractivity contribution in [1.29, 1.82) is 0 Å². The topological polar surface area (TPSA) is 24.9 Å². The summed E-state index contributed by atoms with van der Waals surface area (Å²) in [6, 6.07) is 7.71. The van der Waals surface area contributed by atoms with Gasteiger partial charge in [-0.3, -0.25) is 4.98 Å². The van der Waals surface area contributed by atoms with Crippen LogP contribution in [0, 0.1) is 13.8 Å². The van der Waals surface area contributed by atoms with E-state index in [1.54, 1.807) is 18.3 Å². The van der Waals surface area contributed by atoms with Gasteiger partial charge in [-0.25, -0.2) is 0 Å². The van der Waals surface area contributed by atoms with Gasteiger partial charge in [0.1, 0.15) is 0 Å². The molecule has 2 aromatic rings. The van der Waals surface area contributed by atoms with Crippen LogP contribution in [0.15, 0.2) is 36.5 Å². The monoisotopic (exact) mass is 294 g/mol. The zero-order valence-electron chi connectivity index (χ0n) is 12.1. The Morgan fingerprint density at radius 2 is 1.86 bits per heavy atom. The standard InChI is InChI=1S/C16H17F3N2/c1-10-9-13(7-8-20-10)21-12(3)14-5-4-6-15(11(14)2)16(17,18)19/h4-9,12H,1-3H3,(H,20,21)/t12-/m1/s1. The molecule has 2 nitrogen and oxygen atoms in total. The van der Waals surface area contributed by atoms with E-state index in [0.29, 0.717) is 5.56 Å². The fraction of sp³-hybridized carbons (Fsp3) is 0.312. The van der Waals surface area contributed by atoms with Crippen LogP contribution in [0.1, 0.15) is 35.3 Å². The average Bonchev–Trinajstić information content (AvgIpc) is 2.37. The number of benzene rings is 1. The Bertz CT molecular complexity index is 636. The normalized spacial score (nSPS) is 13.0. The maximum Gasteiger partial charge on any atom is 0.416 e. The van der Waals surface area contributed by atoms with Crippen LogP contribution in [-0.4, -0.2) is 4.98 Å². The first-order valence-electron chi connectivity index (χ1n) is 6.65. The fourth-order valence-electron chi connectivity index (χ4n) is 2.39. The molecule has 0 fully saturated rings. The van der Waals surface area contributed by atoms with Crippen LogP contribution in [0.5, 0.6) is 0 Å². The summed E-state index contributed by atoms with van der Waals surface area (Å²) in [7, 11) is 0. The molecule has 21 heavy (non-hydrogen) atoms. The summed E-state index contributed by atoms with van der Waals surface area (Å²) < 4.78 is 38.8. The molecule has 0 aliphatic rings. The average molecular weight is 294 g/mol. The van der Waals surface area contributed by atoms with Crippen molar-refractivity contribution in [1.82, 2.24) is 4.98 Å². The van der Waals surface area contributed by atoms with E-state index in [4.69, 9.17) is 0 Å². The number of alkyl halides is 3. The van der Waals surface area contributed by atoms with Gasteiger partial charge in [-0.15, -0.1) is 0 Å². The molecular formula is C16H17F3N2. The van der Waals surface area contributed by atoms with Gasteiger partial charge in [0.15, 0.2) is 0 Å². The van der Waals surface area contributed by atoms with Crippen molar-refractivity contribution >= 4 is 5.69 Å². The summed E-state index contributed by atoms with van der Waals surface area (Å²) in [5.74, 6) is 0. The summed E-state index contributed by atoms with van der Waals surface area (Å²) in [5.41, 5.74) is 2.01. The molecule has 0 unspecified atom stereocenters. The Hall–Kier alpha value is -2.04. The number of rotatable bonds is 3. The van der Waals surface area contributed by atoms with Gasteiger partial charge < -0.3 is 5.32 Å². The Morgan fingerprint density at radius 1 is 1.14 bits per heavy atom. The summed E-state index contributed by atoms with van der Waals surface area (Å²) in [6.07, 6.45) is -2.66. The van der Waals surface area contributed by atoms with E-state index < -0.39 is 11.7 Å². The molecule has 112 valence electrons. The third kappa shape index (κ3) is 3.54. The maximum atomic E-state index is 12.9. The van der Waals surface area contributed by atoms with Gasteiger partial charge in [0.2, 0.25) is 0 Å². The van der Waals surface area contributed by atoms with Gasteiger partial charge in [-0.1, -0.05) is 12.1 Å². The Morgan fingerprint density at radius 3 is 2.48 bits per heavy atom. The van der Waals surface area contributed by atoms with Crippen LogP contribution in [-0.2, 0) is 6.18 Å². The second-order valence-electron chi connectivity index (χ2n) is 5.07. The second kappa shape index (κ2) is 5.76. The molecule has 0 radical (unpaired) electrons. The van der Waals surface area contributed by atoms with Crippen molar-refractivity contribution in [3.8, 4) is 0 Å². The maximum absolute atomic E-state index is 12.9. The van der Waals surface area contributed by atoms with Crippen molar-refractivity contribution in [2.24, 2.45) is 0 Å². The largest absolute Gasteiger partial charge is 0.416 e. The molecule has 5 heteroatoms. The van der Waals surface area contributed by atoms with Gasteiger partial charge in [0, 0.05) is 23.6 Å². The molecule has 2 rings (SSSR count). The van der Waals surface area contributed by atoms with Gasteiger partial charge >= 0.3 is 6.18 Å². The van der Waals surface area contributed by atoms with Crippen LogP contribution >= 0.6 is 0 Å². The van der Waals surface area contributed by atoms with Crippen molar-refractivity contribution in [3.05, 3.63) is 58.9 Å². The minimum Gasteiger partial charge on any atom is -0.378 e. The Balaban J connectivity index is 2.30. The first-order chi connectivity index (χ1) is 9.79. The van der Waals surface area contributed by atoms with E-state index in [9.17, 15) is 13.2 Å². The summed E-state index contributed by atoms with van der Waals surface area (Å²) in [5, 5.41) is 3.21. The van der Waals surface area contributed by atoms with Crippen LogP contribution in [0.2, 0.25) is 0 Å². The van der Waals surface area contributed by atoms with E-state index in [1.807, 2.05) is 19.9 Å². The minimum atomic E-state index is -4.33. The predicted octanol–water partition coefficient (Wildman–Crippen LogP) is 4.89. The molecule has 1 atom stereocenters. The van der Waals surface area contributed by atoms with Crippen LogP contribution in [0.3, 0.4) is 0 Å². The van der Waals surface area contributed by atoms with Crippen molar-refractivity contribution in [2.45, 2.75) is 33.0 Å². The smallest absolute Gasteiger partial charge is 0.378 e. The lowest BCUT2D eigenvalue weighted by Gasteiger charge is -2.20. The molecule has 0 saturated carbocycles. The molecule has 1 aromatic carbocycles. The van der Waals surface area contributed by atoms with Gasteiger partial charge in [-0.2, -0.15) is 13.2 Å². The lowest BCUT2D eigenvalue weighted by Crippen LogP contribution is -2.13. The van der Waals surface area contributed by atoms with E-state index >= 15 is 0 Å². The fourth-order valence-corrected chi connectivity index (χ4v) is 2.39. The molecule has 0 saturated heterocycles. The molecule has 0 aliphatic heterocycles. The summed E-state index contributed by atoms with van der Waals surface area (Å²) in [4.78, 5) is 4.10. The minimum absolute atomic E-state index is 0.228.